The van der Waals surface area contributed by atoms with Gasteiger partial charge in [-0.3, -0.25) is 0 Å². The number of hydrogen-bond acceptors (Lipinski definition) is 4. The Kier molecular flexibility index (Phi) is 4.42. The number of rotatable bonds is 4. The van der Waals surface area contributed by atoms with Crippen LogP contribution in [-0.4, -0.2) is 44.8 Å². The van der Waals surface area contributed by atoms with Crippen molar-refractivity contribution in [2.75, 3.05) is 26.9 Å². The van der Waals surface area contributed by atoms with E-state index in [9.17, 15) is 0 Å². The molecule has 0 aromatic rings. The van der Waals surface area contributed by atoms with Gasteiger partial charge in [0, 0.05) is 25.5 Å². The van der Waals surface area contributed by atoms with Crippen LogP contribution in [0.1, 0.15) is 44.9 Å². The molecule has 0 radical (unpaired) electrons. The topological polar surface area (TPSA) is 39.7 Å². The zero-order valence-electron chi connectivity index (χ0n) is 12.0. The standard InChI is InChI=1S/C15H27NO3/c1-16-13-6-7-15(18-8-9-19-15)10-14(13)17-11-12-4-2-3-5-12/h12-14,16H,2-11H2,1H3. The maximum Gasteiger partial charge on any atom is 0.171 e. The van der Waals surface area contributed by atoms with Crippen molar-refractivity contribution < 1.29 is 14.2 Å². The van der Waals surface area contributed by atoms with Crippen LogP contribution >= 0.6 is 0 Å². The molecule has 110 valence electrons. The van der Waals surface area contributed by atoms with Gasteiger partial charge in [0.05, 0.1) is 19.3 Å². The molecule has 0 amide bonds. The Morgan fingerprint density at radius 2 is 1.89 bits per heavy atom. The Balaban J connectivity index is 1.55. The molecule has 1 aliphatic heterocycles. The summed E-state index contributed by atoms with van der Waals surface area (Å²) in [7, 11) is 2.03. The van der Waals surface area contributed by atoms with Gasteiger partial charge in [-0.2, -0.15) is 0 Å². The van der Waals surface area contributed by atoms with E-state index in [-0.39, 0.29) is 11.9 Å². The van der Waals surface area contributed by atoms with Crippen LogP contribution in [0.3, 0.4) is 0 Å². The number of hydrogen-bond donors (Lipinski definition) is 1. The van der Waals surface area contributed by atoms with Crippen LogP contribution < -0.4 is 5.32 Å². The fourth-order valence-corrected chi connectivity index (χ4v) is 3.81. The van der Waals surface area contributed by atoms with Gasteiger partial charge in [-0.15, -0.1) is 0 Å². The van der Waals surface area contributed by atoms with Gasteiger partial charge in [-0.1, -0.05) is 12.8 Å². The number of nitrogens with one attached hydrogen (secondary N) is 1. The van der Waals surface area contributed by atoms with Crippen LogP contribution in [0.15, 0.2) is 0 Å². The summed E-state index contributed by atoms with van der Waals surface area (Å²) in [5.74, 6) is 0.439. The summed E-state index contributed by atoms with van der Waals surface area (Å²) in [6.45, 7) is 2.39. The zero-order chi connectivity index (χ0) is 13.1. The molecule has 2 unspecified atom stereocenters. The van der Waals surface area contributed by atoms with Crippen molar-refractivity contribution in [1.82, 2.24) is 5.32 Å². The maximum atomic E-state index is 6.23. The maximum absolute atomic E-state index is 6.23. The predicted octanol–water partition coefficient (Wildman–Crippen LogP) is 2.08. The molecule has 19 heavy (non-hydrogen) atoms. The zero-order valence-corrected chi connectivity index (χ0v) is 12.0. The monoisotopic (exact) mass is 269 g/mol. The van der Waals surface area contributed by atoms with E-state index in [0.717, 1.165) is 45.0 Å². The third kappa shape index (κ3) is 3.13. The molecule has 0 aromatic carbocycles. The minimum atomic E-state index is -0.340. The van der Waals surface area contributed by atoms with Gasteiger partial charge in [0.2, 0.25) is 0 Å². The van der Waals surface area contributed by atoms with Crippen LogP contribution in [0, 0.1) is 5.92 Å². The SMILES string of the molecule is CNC1CCC2(CC1OCC1CCCC1)OCCO2. The summed E-state index contributed by atoms with van der Waals surface area (Å²) >= 11 is 0. The molecule has 0 aromatic heterocycles. The molecule has 3 fully saturated rings. The van der Waals surface area contributed by atoms with Crippen LogP contribution in [0.5, 0.6) is 0 Å². The first kappa shape index (κ1) is 13.8. The predicted molar refractivity (Wildman–Crippen MR) is 73.0 cm³/mol. The van der Waals surface area contributed by atoms with Gasteiger partial charge in [-0.05, 0) is 32.2 Å². The van der Waals surface area contributed by atoms with E-state index in [2.05, 4.69) is 5.32 Å². The van der Waals surface area contributed by atoms with Gasteiger partial charge in [0.25, 0.3) is 0 Å². The molecular formula is C15H27NO3. The molecule has 3 aliphatic rings. The van der Waals surface area contributed by atoms with E-state index in [1.54, 1.807) is 0 Å². The summed E-state index contributed by atoms with van der Waals surface area (Å²) < 4.78 is 17.9. The van der Waals surface area contributed by atoms with Crippen molar-refractivity contribution in [2.45, 2.75) is 62.9 Å². The Morgan fingerprint density at radius 3 is 2.58 bits per heavy atom. The van der Waals surface area contributed by atoms with E-state index < -0.39 is 0 Å². The molecule has 2 saturated carbocycles. The fourth-order valence-electron chi connectivity index (χ4n) is 3.81. The van der Waals surface area contributed by atoms with E-state index in [1.807, 2.05) is 7.05 Å². The minimum absolute atomic E-state index is 0.234. The first-order chi connectivity index (χ1) is 9.31. The average Bonchev–Trinajstić information content (AvgIpc) is 3.09. The van der Waals surface area contributed by atoms with Gasteiger partial charge >= 0.3 is 0 Å². The third-order valence-corrected chi connectivity index (χ3v) is 5.00. The number of ether oxygens (including phenoxy) is 3. The Hall–Kier alpha value is -0.160. The molecule has 0 bridgehead atoms. The van der Waals surface area contributed by atoms with Gasteiger partial charge in [-0.25, -0.2) is 0 Å². The van der Waals surface area contributed by atoms with E-state index in [4.69, 9.17) is 14.2 Å². The van der Waals surface area contributed by atoms with Gasteiger partial charge in [0.15, 0.2) is 5.79 Å². The second kappa shape index (κ2) is 6.08. The van der Waals surface area contributed by atoms with E-state index >= 15 is 0 Å². The third-order valence-electron chi connectivity index (χ3n) is 5.00. The normalized spacial score (nSPS) is 35.2. The summed E-state index contributed by atoms with van der Waals surface area (Å²) in [5, 5.41) is 3.40. The lowest BCUT2D eigenvalue weighted by Crippen LogP contribution is -2.51. The lowest BCUT2D eigenvalue weighted by atomic mass is 9.87. The van der Waals surface area contributed by atoms with Crippen molar-refractivity contribution in [3.8, 4) is 0 Å². The largest absolute Gasteiger partial charge is 0.376 e. The lowest BCUT2D eigenvalue weighted by Gasteiger charge is -2.41. The molecule has 4 nitrogen and oxygen atoms in total. The van der Waals surface area contributed by atoms with Crippen molar-refractivity contribution in [1.29, 1.82) is 0 Å². The molecule has 1 spiro atoms. The second-order valence-corrected chi connectivity index (χ2v) is 6.27. The lowest BCUT2D eigenvalue weighted by molar-refractivity contribution is -0.207. The Bertz CT molecular complexity index is 285. The van der Waals surface area contributed by atoms with Crippen molar-refractivity contribution in [3.63, 3.8) is 0 Å². The molecule has 3 rings (SSSR count). The summed E-state index contributed by atoms with van der Waals surface area (Å²) in [4.78, 5) is 0. The van der Waals surface area contributed by atoms with Crippen LogP contribution in [0.4, 0.5) is 0 Å². The van der Waals surface area contributed by atoms with Crippen LogP contribution in [0.25, 0.3) is 0 Å². The molecular weight excluding hydrogens is 242 g/mol. The Morgan fingerprint density at radius 1 is 1.16 bits per heavy atom. The molecule has 2 aliphatic carbocycles. The summed E-state index contributed by atoms with van der Waals surface area (Å²) in [6, 6.07) is 0.444. The highest BCUT2D eigenvalue weighted by molar-refractivity contribution is 4.92. The first-order valence-corrected chi connectivity index (χ1v) is 7.88. The summed E-state index contributed by atoms with van der Waals surface area (Å²) in [6.07, 6.45) is 8.62. The second-order valence-electron chi connectivity index (χ2n) is 6.27. The quantitative estimate of drug-likeness (QED) is 0.848. The van der Waals surface area contributed by atoms with Crippen LogP contribution in [-0.2, 0) is 14.2 Å². The molecule has 2 atom stereocenters. The van der Waals surface area contributed by atoms with Gasteiger partial charge in [0.1, 0.15) is 0 Å². The summed E-state index contributed by atoms with van der Waals surface area (Å²) in [5.41, 5.74) is 0. The van der Waals surface area contributed by atoms with Crippen LogP contribution in [0.2, 0.25) is 0 Å². The smallest absolute Gasteiger partial charge is 0.171 e. The van der Waals surface area contributed by atoms with Gasteiger partial charge < -0.3 is 19.5 Å². The highest BCUT2D eigenvalue weighted by atomic mass is 16.7. The molecule has 1 N–H and O–H groups in total. The highest BCUT2D eigenvalue weighted by Gasteiger charge is 2.45. The number of likely N-dealkylation sites (N-methyl/N-ethyl adjacent to an activating group) is 1. The molecule has 4 heteroatoms. The van der Waals surface area contributed by atoms with Crippen molar-refractivity contribution in [2.24, 2.45) is 5.92 Å². The Labute approximate surface area is 116 Å². The highest BCUT2D eigenvalue weighted by Crippen LogP contribution is 2.37. The average molecular weight is 269 g/mol. The van der Waals surface area contributed by atoms with Crippen molar-refractivity contribution in [3.05, 3.63) is 0 Å². The van der Waals surface area contributed by atoms with E-state index in [0.29, 0.717) is 6.04 Å². The molecule has 1 heterocycles. The first-order valence-electron chi connectivity index (χ1n) is 7.88. The molecule has 1 saturated heterocycles. The fraction of sp³-hybridized carbons (Fsp3) is 1.00. The van der Waals surface area contributed by atoms with Crippen molar-refractivity contribution >= 4 is 0 Å². The van der Waals surface area contributed by atoms with E-state index in [1.165, 1.54) is 25.7 Å². The minimum Gasteiger partial charge on any atom is -0.376 e.